The van der Waals surface area contributed by atoms with Gasteiger partial charge in [-0.2, -0.15) is 8.42 Å². The number of hydrogen-bond acceptors (Lipinski definition) is 3. The van der Waals surface area contributed by atoms with Gasteiger partial charge in [0.15, 0.2) is 0 Å². The van der Waals surface area contributed by atoms with Crippen LogP contribution < -0.4 is 0 Å². The van der Waals surface area contributed by atoms with Crippen molar-refractivity contribution in [3.8, 4) is 0 Å². The molecule has 4 heteroatoms. The molecule has 0 atom stereocenters. The molecule has 0 aromatic heterocycles. The van der Waals surface area contributed by atoms with Crippen molar-refractivity contribution in [2.75, 3.05) is 6.61 Å². The Balaban J connectivity index is 2.63. The third-order valence-electron chi connectivity index (χ3n) is 2.86. The van der Waals surface area contributed by atoms with E-state index < -0.39 is 10.1 Å². The van der Waals surface area contributed by atoms with Crippen LogP contribution in [-0.2, 0) is 20.7 Å². The van der Waals surface area contributed by atoms with E-state index in [1.807, 2.05) is 19.1 Å². The Morgan fingerprint density at radius 3 is 2.44 bits per heavy atom. The van der Waals surface area contributed by atoms with Crippen molar-refractivity contribution in [2.45, 2.75) is 50.8 Å². The molecule has 18 heavy (non-hydrogen) atoms. The standard InChI is InChI=1S/C14H22O3S/c1-3-5-6-9-12-17-18(15,16)14-11-8-7-10-13(14)4-2/h7-8,10-11H,3-6,9,12H2,1-2H3. The summed E-state index contributed by atoms with van der Waals surface area (Å²) in [6.45, 7) is 4.34. The highest BCUT2D eigenvalue weighted by molar-refractivity contribution is 7.86. The lowest BCUT2D eigenvalue weighted by Gasteiger charge is -2.09. The van der Waals surface area contributed by atoms with Crippen LogP contribution in [0.1, 0.15) is 45.1 Å². The summed E-state index contributed by atoms with van der Waals surface area (Å²) in [6.07, 6.45) is 4.75. The number of benzene rings is 1. The lowest BCUT2D eigenvalue weighted by molar-refractivity contribution is 0.306. The van der Waals surface area contributed by atoms with Crippen molar-refractivity contribution in [3.05, 3.63) is 29.8 Å². The first-order valence-corrected chi connectivity index (χ1v) is 8.00. The third kappa shape index (κ3) is 4.42. The van der Waals surface area contributed by atoms with Gasteiger partial charge in [-0.1, -0.05) is 51.3 Å². The van der Waals surface area contributed by atoms with Crippen molar-refractivity contribution >= 4 is 10.1 Å². The van der Waals surface area contributed by atoms with Crippen LogP contribution in [-0.4, -0.2) is 15.0 Å². The Bertz CT molecular complexity index is 452. The molecular formula is C14H22O3S. The quantitative estimate of drug-likeness (QED) is 0.536. The van der Waals surface area contributed by atoms with Gasteiger partial charge in [0.25, 0.3) is 10.1 Å². The summed E-state index contributed by atoms with van der Waals surface area (Å²) < 4.78 is 29.1. The monoisotopic (exact) mass is 270 g/mol. The third-order valence-corrected chi connectivity index (χ3v) is 4.27. The molecule has 1 aromatic rings. The maximum absolute atomic E-state index is 12.0. The molecule has 0 N–H and O–H groups in total. The van der Waals surface area contributed by atoms with Gasteiger partial charge in [-0.3, -0.25) is 4.18 Å². The molecule has 1 aromatic carbocycles. The van der Waals surface area contributed by atoms with E-state index in [0.717, 1.165) is 31.2 Å². The topological polar surface area (TPSA) is 43.4 Å². The van der Waals surface area contributed by atoms with Gasteiger partial charge in [-0.15, -0.1) is 0 Å². The first kappa shape index (κ1) is 15.2. The van der Waals surface area contributed by atoms with Crippen molar-refractivity contribution in [3.63, 3.8) is 0 Å². The molecule has 0 heterocycles. The summed E-state index contributed by atoms with van der Waals surface area (Å²) in [7, 11) is -3.59. The number of rotatable bonds is 8. The summed E-state index contributed by atoms with van der Waals surface area (Å²) in [6, 6.07) is 7.01. The van der Waals surface area contributed by atoms with Gasteiger partial charge in [0.05, 0.1) is 11.5 Å². The number of hydrogen-bond donors (Lipinski definition) is 0. The second kappa shape index (κ2) is 7.54. The molecule has 0 spiro atoms. The van der Waals surface area contributed by atoms with Gasteiger partial charge in [-0.25, -0.2) is 0 Å². The zero-order chi connectivity index (χ0) is 13.4. The Hall–Kier alpha value is -0.870. The summed E-state index contributed by atoms with van der Waals surface area (Å²) in [5.74, 6) is 0. The smallest absolute Gasteiger partial charge is 0.266 e. The zero-order valence-corrected chi connectivity index (χ0v) is 12.0. The van der Waals surface area contributed by atoms with E-state index in [2.05, 4.69) is 6.92 Å². The van der Waals surface area contributed by atoms with Crippen molar-refractivity contribution < 1.29 is 12.6 Å². The van der Waals surface area contributed by atoms with Gasteiger partial charge in [0.1, 0.15) is 0 Å². The van der Waals surface area contributed by atoms with Gasteiger partial charge in [-0.05, 0) is 24.5 Å². The van der Waals surface area contributed by atoms with Crippen molar-refractivity contribution in [1.82, 2.24) is 0 Å². The van der Waals surface area contributed by atoms with Gasteiger partial charge < -0.3 is 0 Å². The Morgan fingerprint density at radius 1 is 1.06 bits per heavy atom. The van der Waals surface area contributed by atoms with Crippen LogP contribution in [0.3, 0.4) is 0 Å². The molecular weight excluding hydrogens is 248 g/mol. The molecule has 0 radical (unpaired) electrons. The number of unbranched alkanes of at least 4 members (excludes halogenated alkanes) is 3. The fourth-order valence-electron chi connectivity index (χ4n) is 1.80. The zero-order valence-electron chi connectivity index (χ0n) is 11.2. The highest BCUT2D eigenvalue weighted by atomic mass is 32.2. The molecule has 0 fully saturated rings. The van der Waals surface area contributed by atoms with Gasteiger partial charge in [0.2, 0.25) is 0 Å². The first-order chi connectivity index (χ1) is 8.61. The maximum atomic E-state index is 12.0. The Kier molecular flexibility index (Phi) is 6.36. The van der Waals surface area contributed by atoms with Crippen LogP contribution >= 0.6 is 0 Å². The fraction of sp³-hybridized carbons (Fsp3) is 0.571. The van der Waals surface area contributed by atoms with E-state index in [1.54, 1.807) is 12.1 Å². The van der Waals surface area contributed by atoms with Gasteiger partial charge in [0, 0.05) is 0 Å². The summed E-state index contributed by atoms with van der Waals surface area (Å²) in [4.78, 5) is 0.308. The Labute approximate surface area is 110 Å². The van der Waals surface area contributed by atoms with Crippen LogP contribution in [0, 0.1) is 0 Å². The molecule has 0 aliphatic carbocycles. The molecule has 0 saturated carbocycles. The van der Waals surface area contributed by atoms with E-state index in [4.69, 9.17) is 4.18 Å². The van der Waals surface area contributed by atoms with Crippen LogP contribution in [0.5, 0.6) is 0 Å². The molecule has 3 nitrogen and oxygen atoms in total. The first-order valence-electron chi connectivity index (χ1n) is 6.59. The maximum Gasteiger partial charge on any atom is 0.297 e. The summed E-state index contributed by atoms with van der Waals surface area (Å²) in [5, 5.41) is 0. The Morgan fingerprint density at radius 2 is 1.78 bits per heavy atom. The largest absolute Gasteiger partial charge is 0.297 e. The predicted octanol–water partition coefficient (Wildman–Crippen LogP) is 3.53. The highest BCUT2D eigenvalue weighted by Gasteiger charge is 2.17. The molecule has 0 aliphatic heterocycles. The van der Waals surface area contributed by atoms with Crippen LogP contribution in [0.4, 0.5) is 0 Å². The van der Waals surface area contributed by atoms with Crippen LogP contribution in [0.15, 0.2) is 29.2 Å². The van der Waals surface area contributed by atoms with Crippen molar-refractivity contribution in [2.24, 2.45) is 0 Å². The summed E-state index contributed by atoms with van der Waals surface area (Å²) in [5.41, 5.74) is 0.811. The molecule has 0 aliphatic rings. The van der Waals surface area contributed by atoms with Crippen molar-refractivity contribution in [1.29, 1.82) is 0 Å². The average molecular weight is 270 g/mol. The van der Waals surface area contributed by atoms with Gasteiger partial charge >= 0.3 is 0 Å². The molecule has 0 bridgehead atoms. The fourth-order valence-corrected chi connectivity index (χ4v) is 3.04. The van der Waals surface area contributed by atoms with E-state index in [1.165, 1.54) is 0 Å². The van der Waals surface area contributed by atoms with E-state index >= 15 is 0 Å². The minimum Gasteiger partial charge on any atom is -0.266 e. The van der Waals surface area contributed by atoms with Crippen LogP contribution in [0.25, 0.3) is 0 Å². The SMILES string of the molecule is CCCCCCOS(=O)(=O)c1ccccc1CC. The molecule has 102 valence electrons. The molecule has 0 unspecified atom stereocenters. The second-order valence-corrected chi connectivity index (χ2v) is 5.88. The minimum absolute atomic E-state index is 0.278. The number of aryl methyl sites for hydroxylation is 1. The molecule has 1 rings (SSSR count). The van der Waals surface area contributed by atoms with E-state index in [9.17, 15) is 8.42 Å². The van der Waals surface area contributed by atoms with E-state index in [0.29, 0.717) is 11.3 Å². The minimum atomic E-state index is -3.59. The molecule has 0 amide bonds. The normalized spacial score (nSPS) is 11.7. The lowest BCUT2D eigenvalue weighted by atomic mass is 10.2. The summed E-state index contributed by atoms with van der Waals surface area (Å²) >= 11 is 0. The second-order valence-electron chi connectivity index (χ2n) is 4.30. The lowest BCUT2D eigenvalue weighted by Crippen LogP contribution is -2.10. The van der Waals surface area contributed by atoms with E-state index in [-0.39, 0.29) is 6.61 Å². The predicted molar refractivity (Wildman–Crippen MR) is 73.1 cm³/mol. The average Bonchev–Trinajstić information content (AvgIpc) is 2.38. The molecule has 0 saturated heterocycles. The highest BCUT2D eigenvalue weighted by Crippen LogP contribution is 2.18. The van der Waals surface area contributed by atoms with Crippen LogP contribution in [0.2, 0.25) is 0 Å².